The van der Waals surface area contributed by atoms with Gasteiger partial charge in [-0.15, -0.1) is 11.3 Å². The van der Waals surface area contributed by atoms with E-state index in [9.17, 15) is 14.7 Å². The lowest BCUT2D eigenvalue weighted by molar-refractivity contribution is -0.149. The number of rotatable bonds is 6. The van der Waals surface area contributed by atoms with Crippen molar-refractivity contribution in [1.29, 1.82) is 0 Å². The van der Waals surface area contributed by atoms with E-state index in [1.165, 1.54) is 10.4 Å². The van der Waals surface area contributed by atoms with Crippen LogP contribution in [0.1, 0.15) is 46.8 Å². The number of hydrogen-bond donors (Lipinski definition) is 2. The minimum absolute atomic E-state index is 0.146. The molecule has 1 aliphatic heterocycles. The van der Waals surface area contributed by atoms with Gasteiger partial charge in [-0.25, -0.2) is 0 Å². The monoisotopic (exact) mass is 327 g/mol. The number of amides is 1. The van der Waals surface area contributed by atoms with Crippen molar-refractivity contribution in [2.75, 3.05) is 12.3 Å². The highest BCUT2D eigenvalue weighted by Crippen LogP contribution is 2.32. The maximum Gasteiger partial charge on any atom is 0.311 e. The summed E-state index contributed by atoms with van der Waals surface area (Å²) < 4.78 is 0. The Morgan fingerprint density at radius 1 is 1.38 bits per heavy atom. The molecule has 2 rings (SSSR count). The molecule has 0 saturated heterocycles. The topological polar surface area (TPSA) is 66.4 Å². The van der Waals surface area contributed by atoms with E-state index in [2.05, 4.69) is 5.32 Å². The Balaban J connectivity index is 2.04. The number of hydrogen-bond acceptors (Lipinski definition) is 4. The number of aliphatic carboxylic acids is 1. The van der Waals surface area contributed by atoms with Crippen LogP contribution in [-0.4, -0.2) is 29.3 Å². The van der Waals surface area contributed by atoms with E-state index in [-0.39, 0.29) is 12.5 Å². The van der Waals surface area contributed by atoms with Gasteiger partial charge in [0, 0.05) is 17.2 Å². The van der Waals surface area contributed by atoms with Crippen LogP contribution in [0, 0.1) is 5.41 Å². The molecular formula is C15H21NO3S2. The third-order valence-electron chi connectivity index (χ3n) is 4.25. The second-order valence-corrected chi connectivity index (χ2v) is 7.58. The second kappa shape index (κ2) is 6.83. The number of aryl methyl sites for hydroxylation is 1. The molecule has 2 N–H and O–H groups in total. The van der Waals surface area contributed by atoms with Crippen molar-refractivity contribution >= 4 is 35.0 Å². The number of carboxylic acid groups (broad SMARTS) is 1. The highest BCUT2D eigenvalue weighted by atomic mass is 32.2. The fourth-order valence-corrected chi connectivity index (χ4v) is 4.76. The Morgan fingerprint density at radius 2 is 2.10 bits per heavy atom. The number of carbonyl (C=O) groups is 2. The van der Waals surface area contributed by atoms with Crippen molar-refractivity contribution in [3.63, 3.8) is 0 Å². The molecule has 1 aliphatic rings. The third-order valence-corrected chi connectivity index (χ3v) is 6.49. The van der Waals surface area contributed by atoms with E-state index in [4.69, 9.17) is 0 Å². The van der Waals surface area contributed by atoms with Gasteiger partial charge in [0.2, 0.25) is 0 Å². The van der Waals surface area contributed by atoms with Crippen molar-refractivity contribution in [2.24, 2.45) is 5.41 Å². The van der Waals surface area contributed by atoms with E-state index in [0.29, 0.717) is 17.7 Å². The summed E-state index contributed by atoms with van der Waals surface area (Å²) in [4.78, 5) is 25.7. The van der Waals surface area contributed by atoms with Gasteiger partial charge < -0.3 is 10.4 Å². The van der Waals surface area contributed by atoms with Gasteiger partial charge >= 0.3 is 5.97 Å². The normalized spacial score (nSPS) is 14.6. The number of thiophene rings is 1. The molecule has 0 fully saturated rings. The summed E-state index contributed by atoms with van der Waals surface area (Å²) in [7, 11) is 0. The molecular weight excluding hydrogens is 306 g/mol. The molecule has 2 heterocycles. The molecule has 0 spiro atoms. The zero-order valence-electron chi connectivity index (χ0n) is 12.4. The maximum absolute atomic E-state index is 12.3. The zero-order chi connectivity index (χ0) is 15.5. The molecule has 4 nitrogen and oxygen atoms in total. The second-order valence-electron chi connectivity index (χ2n) is 5.34. The standard InChI is InChI=1S/C15H21NO3S2/c1-3-15(4-2,14(18)19)9-16-13(17)12-7-10-8-20-6-5-11(10)21-12/h7H,3-6,8-9H2,1-2H3,(H,16,17)(H,18,19). The van der Waals surface area contributed by atoms with E-state index in [1.807, 2.05) is 31.7 Å². The van der Waals surface area contributed by atoms with Gasteiger partial charge in [-0.1, -0.05) is 13.8 Å². The predicted molar refractivity (Wildman–Crippen MR) is 87.2 cm³/mol. The van der Waals surface area contributed by atoms with E-state index in [0.717, 1.165) is 17.9 Å². The van der Waals surface area contributed by atoms with Crippen LogP contribution < -0.4 is 5.32 Å². The molecule has 116 valence electrons. The minimum Gasteiger partial charge on any atom is -0.481 e. The van der Waals surface area contributed by atoms with Crippen LogP contribution in [0.3, 0.4) is 0 Å². The SMILES string of the molecule is CCC(CC)(CNC(=O)c1cc2c(s1)CCSC2)C(=O)O. The summed E-state index contributed by atoms with van der Waals surface area (Å²) in [5.74, 6) is 1.10. The fourth-order valence-electron chi connectivity index (χ4n) is 2.47. The van der Waals surface area contributed by atoms with E-state index < -0.39 is 11.4 Å². The van der Waals surface area contributed by atoms with Crippen LogP contribution in [0.2, 0.25) is 0 Å². The van der Waals surface area contributed by atoms with Crippen LogP contribution in [-0.2, 0) is 17.0 Å². The average Bonchev–Trinajstić information content (AvgIpc) is 2.92. The first-order chi connectivity index (χ1) is 10.0. The summed E-state index contributed by atoms with van der Waals surface area (Å²) in [6, 6.07) is 1.96. The number of carboxylic acids is 1. The Bertz CT molecular complexity index is 512. The van der Waals surface area contributed by atoms with E-state index >= 15 is 0 Å². The lowest BCUT2D eigenvalue weighted by Crippen LogP contribution is -2.42. The Morgan fingerprint density at radius 3 is 2.67 bits per heavy atom. The van der Waals surface area contributed by atoms with Crippen LogP contribution >= 0.6 is 23.1 Å². The van der Waals surface area contributed by atoms with Crippen molar-refractivity contribution in [1.82, 2.24) is 5.32 Å². The number of thioether (sulfide) groups is 1. The van der Waals surface area contributed by atoms with Crippen LogP contribution in [0.5, 0.6) is 0 Å². The Kier molecular flexibility index (Phi) is 5.32. The Labute approximate surface area is 133 Å². The van der Waals surface area contributed by atoms with Crippen molar-refractivity contribution < 1.29 is 14.7 Å². The lowest BCUT2D eigenvalue weighted by atomic mass is 9.82. The highest BCUT2D eigenvalue weighted by Gasteiger charge is 2.35. The summed E-state index contributed by atoms with van der Waals surface area (Å²) >= 11 is 3.43. The summed E-state index contributed by atoms with van der Waals surface area (Å²) in [6.07, 6.45) is 2.05. The molecule has 1 aromatic heterocycles. The van der Waals surface area contributed by atoms with Gasteiger partial charge in [-0.3, -0.25) is 9.59 Å². The largest absolute Gasteiger partial charge is 0.481 e. The van der Waals surface area contributed by atoms with Crippen molar-refractivity contribution in [2.45, 2.75) is 38.9 Å². The van der Waals surface area contributed by atoms with Gasteiger partial charge in [0.25, 0.3) is 5.91 Å². The summed E-state index contributed by atoms with van der Waals surface area (Å²) in [5, 5.41) is 12.2. The Hall–Kier alpha value is -1.01. The molecule has 0 atom stereocenters. The molecule has 0 aromatic carbocycles. The van der Waals surface area contributed by atoms with Crippen molar-refractivity contribution in [3.8, 4) is 0 Å². The molecule has 0 saturated carbocycles. The first kappa shape index (κ1) is 16.4. The molecule has 6 heteroatoms. The third kappa shape index (κ3) is 3.43. The van der Waals surface area contributed by atoms with Gasteiger partial charge in [0.05, 0.1) is 10.3 Å². The number of fused-ring (bicyclic) bond motifs is 1. The molecule has 1 aromatic rings. The highest BCUT2D eigenvalue weighted by molar-refractivity contribution is 7.98. The van der Waals surface area contributed by atoms with Crippen LogP contribution in [0.4, 0.5) is 0 Å². The summed E-state index contributed by atoms with van der Waals surface area (Å²) in [6.45, 7) is 3.89. The van der Waals surface area contributed by atoms with Crippen LogP contribution in [0.25, 0.3) is 0 Å². The molecule has 0 aliphatic carbocycles. The molecule has 0 bridgehead atoms. The lowest BCUT2D eigenvalue weighted by Gasteiger charge is -2.26. The van der Waals surface area contributed by atoms with Gasteiger partial charge in [-0.05, 0) is 36.6 Å². The fraction of sp³-hybridized carbons (Fsp3) is 0.600. The van der Waals surface area contributed by atoms with Crippen LogP contribution in [0.15, 0.2) is 6.07 Å². The van der Waals surface area contributed by atoms with Gasteiger partial charge in [0.15, 0.2) is 0 Å². The first-order valence-electron chi connectivity index (χ1n) is 7.23. The van der Waals surface area contributed by atoms with E-state index in [1.54, 1.807) is 11.3 Å². The minimum atomic E-state index is -0.859. The number of nitrogens with one attached hydrogen (secondary N) is 1. The molecule has 1 amide bonds. The quantitative estimate of drug-likeness (QED) is 0.842. The summed E-state index contributed by atoms with van der Waals surface area (Å²) in [5.41, 5.74) is 0.402. The zero-order valence-corrected chi connectivity index (χ0v) is 14.0. The predicted octanol–water partition coefficient (Wildman–Crippen LogP) is 3.16. The first-order valence-corrected chi connectivity index (χ1v) is 9.20. The van der Waals surface area contributed by atoms with Crippen molar-refractivity contribution in [3.05, 3.63) is 21.4 Å². The molecule has 0 unspecified atom stereocenters. The number of carbonyl (C=O) groups excluding carboxylic acids is 1. The average molecular weight is 327 g/mol. The molecule has 21 heavy (non-hydrogen) atoms. The van der Waals surface area contributed by atoms with Gasteiger partial charge in [0.1, 0.15) is 0 Å². The maximum atomic E-state index is 12.3. The smallest absolute Gasteiger partial charge is 0.311 e. The molecule has 0 radical (unpaired) electrons. The van der Waals surface area contributed by atoms with Gasteiger partial charge in [-0.2, -0.15) is 11.8 Å².